The highest BCUT2D eigenvalue weighted by atomic mass is 16.4. The number of benzene rings is 1. The molecule has 0 aliphatic rings. The molecule has 1 aromatic heterocycles. The standard InChI is InChI=1S/C12H14N2O2/c1-12(2,7-11(15)16)14-8-13-9-5-3-4-6-10(9)14/h3-6,8H,7H2,1-2H3,(H,15,16). The highest BCUT2D eigenvalue weighted by molar-refractivity contribution is 5.76. The van der Waals surface area contributed by atoms with Crippen LogP contribution in [0.4, 0.5) is 0 Å². The van der Waals surface area contributed by atoms with E-state index in [4.69, 9.17) is 5.11 Å². The third-order valence-corrected chi connectivity index (χ3v) is 2.69. The molecule has 1 aromatic carbocycles. The van der Waals surface area contributed by atoms with Gasteiger partial charge in [-0.25, -0.2) is 4.98 Å². The lowest BCUT2D eigenvalue weighted by Crippen LogP contribution is -2.28. The minimum Gasteiger partial charge on any atom is -0.481 e. The first kappa shape index (κ1) is 10.7. The van der Waals surface area contributed by atoms with Gasteiger partial charge in [-0.3, -0.25) is 4.79 Å². The normalized spacial score (nSPS) is 11.9. The molecule has 0 amide bonds. The van der Waals surface area contributed by atoms with E-state index < -0.39 is 11.5 Å². The second-order valence-electron chi connectivity index (χ2n) is 4.49. The summed E-state index contributed by atoms with van der Waals surface area (Å²) >= 11 is 0. The molecule has 0 saturated heterocycles. The third-order valence-electron chi connectivity index (χ3n) is 2.69. The topological polar surface area (TPSA) is 55.1 Å². The highest BCUT2D eigenvalue weighted by Gasteiger charge is 2.25. The SMILES string of the molecule is CC(C)(CC(=O)O)n1cnc2ccccc21. The van der Waals surface area contributed by atoms with Crippen LogP contribution < -0.4 is 0 Å². The van der Waals surface area contributed by atoms with Crippen molar-refractivity contribution in [1.29, 1.82) is 0 Å². The molecule has 4 heteroatoms. The van der Waals surface area contributed by atoms with Crippen LogP contribution in [0.5, 0.6) is 0 Å². The van der Waals surface area contributed by atoms with Crippen molar-refractivity contribution in [2.24, 2.45) is 0 Å². The van der Waals surface area contributed by atoms with Crippen LogP contribution in [0.25, 0.3) is 11.0 Å². The molecule has 0 atom stereocenters. The average Bonchev–Trinajstić information content (AvgIpc) is 2.59. The Balaban J connectivity index is 2.50. The molecule has 1 N–H and O–H groups in total. The highest BCUT2D eigenvalue weighted by Crippen LogP contribution is 2.25. The molecule has 1 heterocycles. The van der Waals surface area contributed by atoms with Crippen LogP contribution in [0, 0.1) is 0 Å². The fourth-order valence-electron chi connectivity index (χ4n) is 1.90. The lowest BCUT2D eigenvalue weighted by Gasteiger charge is -2.25. The molecule has 2 aromatic rings. The van der Waals surface area contributed by atoms with Gasteiger partial charge in [-0.05, 0) is 26.0 Å². The quantitative estimate of drug-likeness (QED) is 0.859. The Morgan fingerprint density at radius 2 is 2.12 bits per heavy atom. The molecule has 16 heavy (non-hydrogen) atoms. The fourth-order valence-corrected chi connectivity index (χ4v) is 1.90. The van der Waals surface area contributed by atoms with E-state index in [0.717, 1.165) is 11.0 Å². The van der Waals surface area contributed by atoms with Gasteiger partial charge in [0, 0.05) is 0 Å². The van der Waals surface area contributed by atoms with Crippen LogP contribution in [-0.2, 0) is 10.3 Å². The van der Waals surface area contributed by atoms with Crippen molar-refractivity contribution in [3.63, 3.8) is 0 Å². The van der Waals surface area contributed by atoms with Crippen molar-refractivity contribution >= 4 is 17.0 Å². The summed E-state index contributed by atoms with van der Waals surface area (Å²) in [5.74, 6) is -0.803. The summed E-state index contributed by atoms with van der Waals surface area (Å²) < 4.78 is 1.91. The van der Waals surface area contributed by atoms with Crippen molar-refractivity contribution in [3.05, 3.63) is 30.6 Å². The Morgan fingerprint density at radius 3 is 2.81 bits per heavy atom. The number of para-hydroxylation sites is 2. The number of fused-ring (bicyclic) bond motifs is 1. The summed E-state index contributed by atoms with van der Waals surface area (Å²) in [5, 5.41) is 8.89. The van der Waals surface area contributed by atoms with Crippen molar-refractivity contribution in [1.82, 2.24) is 9.55 Å². The van der Waals surface area contributed by atoms with Crippen molar-refractivity contribution in [2.45, 2.75) is 25.8 Å². The number of rotatable bonds is 3. The molecule has 0 bridgehead atoms. The lowest BCUT2D eigenvalue weighted by molar-refractivity contribution is -0.138. The van der Waals surface area contributed by atoms with Gasteiger partial charge in [0.1, 0.15) is 0 Å². The first-order valence-corrected chi connectivity index (χ1v) is 5.15. The van der Waals surface area contributed by atoms with Crippen molar-refractivity contribution < 1.29 is 9.90 Å². The minimum absolute atomic E-state index is 0.0767. The zero-order valence-corrected chi connectivity index (χ0v) is 9.34. The van der Waals surface area contributed by atoms with E-state index >= 15 is 0 Å². The molecule has 84 valence electrons. The van der Waals surface area contributed by atoms with Gasteiger partial charge in [-0.15, -0.1) is 0 Å². The van der Waals surface area contributed by atoms with E-state index in [1.807, 2.05) is 42.7 Å². The largest absolute Gasteiger partial charge is 0.481 e. The summed E-state index contributed by atoms with van der Waals surface area (Å²) in [4.78, 5) is 15.1. The van der Waals surface area contributed by atoms with E-state index in [9.17, 15) is 4.79 Å². The lowest BCUT2D eigenvalue weighted by atomic mass is 10.0. The van der Waals surface area contributed by atoms with Gasteiger partial charge in [0.15, 0.2) is 0 Å². The Hall–Kier alpha value is -1.84. The predicted octanol–water partition coefficient (Wildman–Crippen LogP) is 2.25. The number of hydrogen-bond donors (Lipinski definition) is 1. The molecule has 0 aliphatic heterocycles. The van der Waals surface area contributed by atoms with E-state index in [-0.39, 0.29) is 6.42 Å². The van der Waals surface area contributed by atoms with Gasteiger partial charge in [0.05, 0.1) is 29.3 Å². The van der Waals surface area contributed by atoms with E-state index in [1.165, 1.54) is 0 Å². The molecule has 0 saturated carbocycles. The van der Waals surface area contributed by atoms with Crippen LogP contribution in [0.2, 0.25) is 0 Å². The second kappa shape index (κ2) is 3.63. The molecule has 0 spiro atoms. The number of carboxylic acid groups (broad SMARTS) is 1. The first-order chi connectivity index (χ1) is 7.50. The van der Waals surface area contributed by atoms with Gasteiger partial charge in [-0.1, -0.05) is 12.1 Å². The smallest absolute Gasteiger partial charge is 0.305 e. The maximum absolute atomic E-state index is 10.8. The molecular formula is C12H14N2O2. The summed E-state index contributed by atoms with van der Waals surface area (Å²) in [6, 6.07) is 7.72. The summed E-state index contributed by atoms with van der Waals surface area (Å²) in [7, 11) is 0. The number of nitrogens with zero attached hydrogens (tertiary/aromatic N) is 2. The second-order valence-corrected chi connectivity index (χ2v) is 4.49. The molecule has 0 radical (unpaired) electrons. The first-order valence-electron chi connectivity index (χ1n) is 5.15. The Labute approximate surface area is 93.5 Å². The molecular weight excluding hydrogens is 204 g/mol. The Morgan fingerprint density at radius 1 is 1.44 bits per heavy atom. The molecule has 0 unspecified atom stereocenters. The monoisotopic (exact) mass is 218 g/mol. The predicted molar refractivity (Wildman–Crippen MR) is 61.3 cm³/mol. The number of carboxylic acids is 1. The van der Waals surface area contributed by atoms with E-state index in [1.54, 1.807) is 6.33 Å². The number of aliphatic carboxylic acids is 1. The van der Waals surface area contributed by atoms with E-state index in [2.05, 4.69) is 4.98 Å². The number of aromatic nitrogens is 2. The molecule has 2 rings (SSSR count). The van der Waals surface area contributed by atoms with Crippen LogP contribution in [0.1, 0.15) is 20.3 Å². The van der Waals surface area contributed by atoms with Gasteiger partial charge in [-0.2, -0.15) is 0 Å². The van der Waals surface area contributed by atoms with Gasteiger partial charge < -0.3 is 9.67 Å². The summed E-state index contributed by atoms with van der Waals surface area (Å²) in [6.07, 6.45) is 1.78. The molecule has 0 fully saturated rings. The number of imidazole rings is 1. The zero-order valence-electron chi connectivity index (χ0n) is 9.34. The maximum Gasteiger partial charge on any atom is 0.305 e. The van der Waals surface area contributed by atoms with Crippen LogP contribution in [0.15, 0.2) is 30.6 Å². The van der Waals surface area contributed by atoms with E-state index in [0.29, 0.717) is 0 Å². The summed E-state index contributed by atoms with van der Waals surface area (Å²) in [5.41, 5.74) is 1.39. The minimum atomic E-state index is -0.803. The maximum atomic E-state index is 10.8. The number of hydrogen-bond acceptors (Lipinski definition) is 2. The van der Waals surface area contributed by atoms with Crippen molar-refractivity contribution in [2.75, 3.05) is 0 Å². The van der Waals surface area contributed by atoms with Gasteiger partial charge in [0.2, 0.25) is 0 Å². The molecule has 4 nitrogen and oxygen atoms in total. The molecule has 0 aliphatic carbocycles. The fraction of sp³-hybridized carbons (Fsp3) is 0.333. The third kappa shape index (κ3) is 1.78. The average molecular weight is 218 g/mol. The van der Waals surface area contributed by atoms with Gasteiger partial charge in [0.25, 0.3) is 0 Å². The zero-order chi connectivity index (χ0) is 11.8. The number of carbonyl (C=O) groups is 1. The van der Waals surface area contributed by atoms with Crippen LogP contribution in [-0.4, -0.2) is 20.6 Å². The Kier molecular flexibility index (Phi) is 2.42. The summed E-state index contributed by atoms with van der Waals surface area (Å²) in [6.45, 7) is 3.80. The van der Waals surface area contributed by atoms with Crippen LogP contribution >= 0.6 is 0 Å². The van der Waals surface area contributed by atoms with Gasteiger partial charge >= 0.3 is 5.97 Å². The van der Waals surface area contributed by atoms with Crippen molar-refractivity contribution in [3.8, 4) is 0 Å². The van der Waals surface area contributed by atoms with Crippen LogP contribution in [0.3, 0.4) is 0 Å². The Bertz CT molecular complexity index is 529.